The van der Waals surface area contributed by atoms with E-state index in [0.29, 0.717) is 22.8 Å². The molecule has 0 fully saturated rings. The van der Waals surface area contributed by atoms with Crippen molar-refractivity contribution in [1.82, 2.24) is 15.5 Å². The Morgan fingerprint density at radius 2 is 1.68 bits per heavy atom. The van der Waals surface area contributed by atoms with E-state index in [2.05, 4.69) is 26.1 Å². The summed E-state index contributed by atoms with van der Waals surface area (Å²) in [7, 11) is 0. The topological polar surface area (TPSA) is 113 Å². The predicted octanol–water partition coefficient (Wildman–Crippen LogP) is 6.07. The van der Waals surface area contributed by atoms with E-state index in [-0.39, 0.29) is 22.8 Å². The van der Waals surface area contributed by atoms with Crippen molar-refractivity contribution in [3.8, 4) is 0 Å². The van der Waals surface area contributed by atoms with Gasteiger partial charge in [-0.3, -0.25) is 19.7 Å². The molecule has 0 bridgehead atoms. The molecule has 3 N–H and O–H groups in total. The number of hydrogen-bond donors (Lipinski definition) is 3. The molecule has 4 rings (SSSR count). The molecule has 3 aromatic carbocycles. The first-order valence-electron chi connectivity index (χ1n) is 12.6. The highest BCUT2D eigenvalue weighted by Gasteiger charge is 2.20. The maximum atomic E-state index is 13.4. The van der Waals surface area contributed by atoms with Crippen molar-refractivity contribution >= 4 is 57.7 Å². The fourth-order valence-corrected chi connectivity index (χ4v) is 5.32. The third-order valence-corrected chi connectivity index (χ3v) is 7.92. The van der Waals surface area contributed by atoms with E-state index >= 15 is 0 Å². The molecule has 3 amide bonds. The lowest BCUT2D eigenvalue weighted by molar-refractivity contribution is -0.116. The molecule has 204 valence electrons. The van der Waals surface area contributed by atoms with Crippen LogP contribution in [-0.4, -0.2) is 33.2 Å². The van der Waals surface area contributed by atoms with E-state index in [1.54, 1.807) is 42.5 Å². The van der Waals surface area contributed by atoms with Crippen LogP contribution in [0.4, 0.5) is 10.8 Å². The van der Waals surface area contributed by atoms with E-state index in [4.69, 9.17) is 0 Å². The predicted molar refractivity (Wildman–Crippen MR) is 161 cm³/mol. The van der Waals surface area contributed by atoms with Crippen molar-refractivity contribution < 1.29 is 14.4 Å². The second-order valence-electron chi connectivity index (χ2n) is 8.85. The summed E-state index contributed by atoms with van der Waals surface area (Å²) in [6.45, 7) is 5.70. The Morgan fingerprint density at radius 1 is 0.925 bits per heavy atom. The Balaban J connectivity index is 1.51. The van der Waals surface area contributed by atoms with Gasteiger partial charge in [0.2, 0.25) is 11.0 Å². The molecule has 0 radical (unpaired) electrons. The van der Waals surface area contributed by atoms with Gasteiger partial charge in [-0.15, -0.1) is 22.0 Å². The minimum Gasteiger partial charge on any atom is -0.321 e. The van der Waals surface area contributed by atoms with Crippen molar-refractivity contribution in [2.24, 2.45) is 0 Å². The summed E-state index contributed by atoms with van der Waals surface area (Å²) in [6, 6.07) is 23.6. The van der Waals surface area contributed by atoms with E-state index in [1.165, 1.54) is 23.1 Å². The number of anilines is 2. The molecule has 0 saturated heterocycles. The number of carbonyl (C=O) groups is 3. The third kappa shape index (κ3) is 7.87. The van der Waals surface area contributed by atoms with Gasteiger partial charge < -0.3 is 10.6 Å². The zero-order chi connectivity index (χ0) is 28.5. The van der Waals surface area contributed by atoms with Crippen molar-refractivity contribution in [1.29, 1.82) is 0 Å². The van der Waals surface area contributed by atoms with Gasteiger partial charge in [-0.05, 0) is 67.8 Å². The quantitative estimate of drug-likeness (QED) is 0.157. The molecule has 1 aromatic heterocycles. The lowest BCUT2D eigenvalue weighted by atomic mass is 10.1. The van der Waals surface area contributed by atoms with Gasteiger partial charge >= 0.3 is 0 Å². The minimum absolute atomic E-state index is 0.111. The molecule has 1 atom stereocenters. The highest BCUT2D eigenvalue weighted by atomic mass is 32.2. The number of nitrogens with one attached hydrogen (secondary N) is 3. The first-order valence-corrected chi connectivity index (χ1v) is 14.3. The summed E-state index contributed by atoms with van der Waals surface area (Å²) in [4.78, 5) is 40.0. The van der Waals surface area contributed by atoms with Gasteiger partial charge in [0.05, 0.1) is 5.25 Å². The second-order valence-corrected chi connectivity index (χ2v) is 11.3. The van der Waals surface area contributed by atoms with Crippen molar-refractivity contribution in [3.63, 3.8) is 0 Å². The first-order chi connectivity index (χ1) is 19.3. The normalized spacial score (nSPS) is 11.9. The Labute approximate surface area is 241 Å². The van der Waals surface area contributed by atoms with Crippen LogP contribution in [0.25, 0.3) is 6.08 Å². The molecule has 0 spiro atoms. The van der Waals surface area contributed by atoms with E-state index in [9.17, 15) is 14.4 Å². The van der Waals surface area contributed by atoms with E-state index in [0.717, 1.165) is 21.0 Å². The number of amides is 3. The number of hydrogen-bond acceptors (Lipinski definition) is 7. The molecule has 40 heavy (non-hydrogen) atoms. The highest BCUT2D eigenvalue weighted by Crippen LogP contribution is 2.29. The van der Waals surface area contributed by atoms with Crippen LogP contribution >= 0.6 is 23.1 Å². The Hall–Kier alpha value is -4.28. The van der Waals surface area contributed by atoms with Crippen molar-refractivity contribution in [2.75, 3.05) is 10.6 Å². The fraction of sp³-hybridized carbons (Fsp3) is 0.167. The number of rotatable bonds is 10. The summed E-state index contributed by atoms with van der Waals surface area (Å²) in [5.74, 6) is -1.02. The second kappa shape index (κ2) is 13.7. The molecule has 0 aliphatic heterocycles. The number of benzene rings is 3. The monoisotopic (exact) mass is 571 g/mol. The molecule has 0 aliphatic carbocycles. The van der Waals surface area contributed by atoms with Crippen LogP contribution in [-0.2, 0) is 9.59 Å². The fourth-order valence-electron chi connectivity index (χ4n) is 3.71. The Bertz CT molecular complexity index is 1540. The maximum Gasteiger partial charge on any atom is 0.272 e. The van der Waals surface area contributed by atoms with Crippen molar-refractivity contribution in [3.05, 3.63) is 106 Å². The molecule has 10 heteroatoms. The van der Waals surface area contributed by atoms with Crippen molar-refractivity contribution in [2.45, 2.75) is 37.3 Å². The van der Waals surface area contributed by atoms with Crippen LogP contribution in [0, 0.1) is 13.8 Å². The SMILES string of the molecule is CCC(Sc1cccc(NC(=O)/C(=C/c2ccccc2C)NC(=O)c2ccccc2)c1)C(=O)Nc1nnc(C)s1. The van der Waals surface area contributed by atoms with Crippen LogP contribution in [0.15, 0.2) is 89.5 Å². The smallest absolute Gasteiger partial charge is 0.272 e. The van der Waals surface area contributed by atoms with Gasteiger partial charge in [0, 0.05) is 16.1 Å². The summed E-state index contributed by atoms with van der Waals surface area (Å²) >= 11 is 2.71. The highest BCUT2D eigenvalue weighted by molar-refractivity contribution is 8.00. The van der Waals surface area contributed by atoms with Gasteiger partial charge in [-0.1, -0.05) is 66.8 Å². The molecule has 0 aliphatic rings. The largest absolute Gasteiger partial charge is 0.321 e. The van der Waals surface area contributed by atoms with Crippen LogP contribution in [0.5, 0.6) is 0 Å². The molecular formula is C30H29N5O3S2. The van der Waals surface area contributed by atoms with E-state index in [1.807, 2.05) is 63.2 Å². The standard InChI is InChI=1S/C30H29N5O3S2/c1-4-26(29(38)33-30-35-34-20(3)39-30)40-24-16-10-15-23(18-24)31-28(37)25(17-22-14-9-8-11-19(22)2)32-27(36)21-12-6-5-7-13-21/h5-18,26H,4H2,1-3H3,(H,31,37)(H,32,36)(H,33,35,38)/b25-17-. The minimum atomic E-state index is -0.467. The third-order valence-electron chi connectivity index (χ3n) is 5.81. The van der Waals surface area contributed by atoms with Crippen LogP contribution in [0.1, 0.15) is 39.8 Å². The van der Waals surface area contributed by atoms with E-state index < -0.39 is 5.91 Å². The number of nitrogens with zero attached hydrogens (tertiary/aromatic N) is 2. The first kappa shape index (κ1) is 28.7. The van der Waals surface area contributed by atoms with Gasteiger partial charge in [0.25, 0.3) is 11.8 Å². The van der Waals surface area contributed by atoms with Crippen LogP contribution < -0.4 is 16.0 Å². The lowest BCUT2D eigenvalue weighted by Gasteiger charge is -2.15. The van der Waals surface area contributed by atoms with Crippen LogP contribution in [0.2, 0.25) is 0 Å². The maximum absolute atomic E-state index is 13.4. The zero-order valence-corrected chi connectivity index (χ0v) is 23.9. The van der Waals surface area contributed by atoms with Gasteiger partial charge in [0.15, 0.2) is 0 Å². The molecule has 0 saturated carbocycles. The van der Waals surface area contributed by atoms with Gasteiger partial charge in [-0.25, -0.2) is 0 Å². The number of carbonyl (C=O) groups excluding carboxylic acids is 3. The Kier molecular flexibility index (Phi) is 9.82. The average molecular weight is 572 g/mol. The summed E-state index contributed by atoms with van der Waals surface area (Å²) in [6.07, 6.45) is 2.26. The molecule has 8 nitrogen and oxygen atoms in total. The zero-order valence-electron chi connectivity index (χ0n) is 22.3. The number of aromatic nitrogens is 2. The lowest BCUT2D eigenvalue weighted by Crippen LogP contribution is -2.30. The Morgan fingerprint density at radius 3 is 2.38 bits per heavy atom. The molecule has 1 unspecified atom stereocenters. The number of aryl methyl sites for hydroxylation is 2. The summed E-state index contributed by atoms with van der Waals surface area (Å²) in [5.41, 5.74) is 2.87. The van der Waals surface area contributed by atoms with Crippen LogP contribution in [0.3, 0.4) is 0 Å². The van der Waals surface area contributed by atoms with Gasteiger partial charge in [0.1, 0.15) is 10.7 Å². The summed E-state index contributed by atoms with van der Waals surface area (Å²) < 4.78 is 0. The average Bonchev–Trinajstić information content (AvgIpc) is 3.37. The molecular weight excluding hydrogens is 542 g/mol. The molecule has 1 heterocycles. The number of thioether (sulfide) groups is 1. The summed E-state index contributed by atoms with van der Waals surface area (Å²) in [5, 5.41) is 17.3. The van der Waals surface area contributed by atoms with Gasteiger partial charge in [-0.2, -0.15) is 0 Å². The molecule has 4 aromatic rings.